The third-order valence-electron chi connectivity index (χ3n) is 6.84. The van der Waals surface area contributed by atoms with Crippen molar-refractivity contribution < 1.29 is 34.4 Å². The van der Waals surface area contributed by atoms with Crippen molar-refractivity contribution in [3.05, 3.63) is 24.2 Å². The quantitative estimate of drug-likeness (QED) is 0.102. The van der Waals surface area contributed by atoms with E-state index in [1.54, 1.807) is 0 Å². The zero-order valence-corrected chi connectivity index (χ0v) is 22.6. The summed E-state index contributed by atoms with van der Waals surface area (Å²) in [5.74, 6) is -0.0861. The molecule has 1 unspecified atom stereocenters. The van der Waals surface area contributed by atoms with Crippen molar-refractivity contribution in [3.63, 3.8) is 0 Å². The van der Waals surface area contributed by atoms with E-state index >= 15 is 0 Å². The number of fused-ring (bicyclic) bond motifs is 1. The van der Waals surface area contributed by atoms with Gasteiger partial charge in [0, 0.05) is 6.20 Å². The zero-order chi connectivity index (χ0) is 26.4. The summed E-state index contributed by atoms with van der Waals surface area (Å²) in [6, 6.07) is -0.976. The normalized spacial score (nSPS) is 23.7. The molecule has 0 amide bonds. The van der Waals surface area contributed by atoms with Gasteiger partial charge in [-0.05, 0) is 32.1 Å². The minimum atomic E-state index is -4.24. The van der Waals surface area contributed by atoms with Crippen molar-refractivity contribution in [2.45, 2.75) is 121 Å². The van der Waals surface area contributed by atoms with Gasteiger partial charge in [0.1, 0.15) is 24.1 Å². The van der Waals surface area contributed by atoms with E-state index in [2.05, 4.69) is 24.1 Å². The number of hydrogen-bond donors (Lipinski definition) is 5. The Bertz CT molecular complexity index is 816. The summed E-state index contributed by atoms with van der Waals surface area (Å²) in [6.07, 6.45) is 17.7. The maximum atomic E-state index is 12.6. The molecule has 1 aromatic heterocycles. The maximum absolute atomic E-state index is 12.6. The van der Waals surface area contributed by atoms with E-state index in [-0.39, 0.29) is 17.9 Å². The molecule has 10 heteroatoms. The molecule has 1 aromatic rings. The van der Waals surface area contributed by atoms with Gasteiger partial charge in [0.05, 0.1) is 19.3 Å². The molecule has 1 aliphatic rings. The maximum Gasteiger partial charge on any atom is 0.378 e. The van der Waals surface area contributed by atoms with E-state index < -0.39 is 38.6 Å². The second kappa shape index (κ2) is 16.7. The minimum Gasteiger partial charge on any atom is -0.394 e. The van der Waals surface area contributed by atoms with E-state index in [0.717, 1.165) is 25.7 Å². The number of allylic oxidation sites excluding steroid dienone is 2. The molecule has 2 heterocycles. The van der Waals surface area contributed by atoms with Gasteiger partial charge in [0.15, 0.2) is 5.44 Å². The van der Waals surface area contributed by atoms with Crippen LogP contribution in [0.4, 0.5) is 0 Å². The van der Waals surface area contributed by atoms with E-state index in [9.17, 15) is 29.9 Å². The first kappa shape index (κ1) is 31.2. The van der Waals surface area contributed by atoms with Gasteiger partial charge in [-0.3, -0.25) is 4.57 Å². The second-order valence-corrected chi connectivity index (χ2v) is 11.6. The highest BCUT2D eigenvalue weighted by Gasteiger charge is 2.43. The molecule has 0 fully saturated rings. The molecule has 5 atom stereocenters. The Morgan fingerprint density at radius 2 is 1.47 bits per heavy atom. The predicted octanol–water partition coefficient (Wildman–Crippen LogP) is 4.05. The Morgan fingerprint density at radius 3 is 2.06 bits per heavy atom. The Hall–Kier alpha value is -1.06. The molecule has 208 valence electrons. The smallest absolute Gasteiger partial charge is 0.378 e. The van der Waals surface area contributed by atoms with Crippen LogP contribution in [0.2, 0.25) is 0 Å². The fourth-order valence-corrected chi connectivity index (χ4v) is 5.55. The summed E-state index contributed by atoms with van der Waals surface area (Å²) in [5.41, 5.74) is -0.277. The van der Waals surface area contributed by atoms with Crippen molar-refractivity contribution in [2.75, 3.05) is 13.2 Å². The lowest BCUT2D eigenvalue weighted by molar-refractivity contribution is -0.108. The Kier molecular flexibility index (Phi) is 14.5. The van der Waals surface area contributed by atoms with E-state index in [1.165, 1.54) is 68.6 Å². The molecule has 0 aromatic carbocycles. The van der Waals surface area contributed by atoms with Crippen LogP contribution in [0.15, 0.2) is 18.3 Å². The van der Waals surface area contributed by atoms with Crippen LogP contribution in [-0.4, -0.2) is 60.3 Å². The molecular formula is C26H47N2O7P. The molecule has 1 aliphatic heterocycles. The molecule has 9 nitrogen and oxygen atoms in total. The summed E-state index contributed by atoms with van der Waals surface area (Å²) in [7, 11) is -4.24. The molecule has 2 rings (SSSR count). The SMILES string of the molecule is CCCCCCCC/C=C\CCCCCCCCOP(=O)(O)c1cn2c(n1)[C@H](O)[C@@H](O)[C@H](O)[C@H]2CO. The summed E-state index contributed by atoms with van der Waals surface area (Å²) >= 11 is 0. The van der Waals surface area contributed by atoms with Crippen molar-refractivity contribution >= 4 is 13.0 Å². The van der Waals surface area contributed by atoms with Crippen molar-refractivity contribution in [1.82, 2.24) is 9.55 Å². The van der Waals surface area contributed by atoms with E-state index in [1.807, 2.05) is 0 Å². The van der Waals surface area contributed by atoms with Gasteiger partial charge in [-0.15, -0.1) is 0 Å². The van der Waals surface area contributed by atoms with E-state index in [0.29, 0.717) is 6.42 Å². The highest BCUT2D eigenvalue weighted by atomic mass is 31.2. The summed E-state index contributed by atoms with van der Waals surface area (Å²) < 4.78 is 19.1. The lowest BCUT2D eigenvalue weighted by Gasteiger charge is -2.35. The molecule has 0 saturated heterocycles. The summed E-state index contributed by atoms with van der Waals surface area (Å²) in [4.78, 5) is 14.3. The Balaban J connectivity index is 1.57. The van der Waals surface area contributed by atoms with Crippen LogP contribution in [0.1, 0.15) is 115 Å². The number of aliphatic hydroxyl groups is 4. The standard InChI is InChI=1S/C26H47N2O7P/c1-2-3-4-5-6-7-8-9-10-11-12-13-14-15-16-17-18-35-36(33,34)22-19-28-21(20-29)23(30)24(31)25(32)26(28)27-22/h9-10,19,21,23-25,29-32H,2-8,11-18,20H2,1H3,(H,33,34)/b10-9-/t21-,23-,24+,25-/m1/s1. The number of rotatable bonds is 19. The van der Waals surface area contributed by atoms with Gasteiger partial charge in [-0.2, -0.15) is 0 Å². The van der Waals surface area contributed by atoms with Crippen LogP contribution in [-0.2, 0) is 9.09 Å². The molecule has 0 radical (unpaired) electrons. The molecule has 0 bridgehead atoms. The number of hydrogen-bond acceptors (Lipinski definition) is 7. The fourth-order valence-electron chi connectivity index (χ4n) is 4.55. The summed E-state index contributed by atoms with van der Waals surface area (Å²) in [6.45, 7) is 1.82. The van der Waals surface area contributed by atoms with Gasteiger partial charge in [0.2, 0.25) is 0 Å². The third-order valence-corrected chi connectivity index (χ3v) is 8.16. The molecule has 0 saturated carbocycles. The van der Waals surface area contributed by atoms with Crippen molar-refractivity contribution in [1.29, 1.82) is 0 Å². The number of unbranched alkanes of at least 4 members (excludes halogenated alkanes) is 12. The molecule has 36 heavy (non-hydrogen) atoms. The highest BCUT2D eigenvalue weighted by Crippen LogP contribution is 2.42. The van der Waals surface area contributed by atoms with E-state index in [4.69, 9.17) is 4.52 Å². The van der Waals surface area contributed by atoms with Crippen LogP contribution < -0.4 is 5.44 Å². The van der Waals surface area contributed by atoms with Gasteiger partial charge >= 0.3 is 7.60 Å². The topological polar surface area (TPSA) is 145 Å². The first-order chi connectivity index (χ1) is 17.3. The van der Waals surface area contributed by atoms with Gasteiger partial charge < -0.3 is 34.4 Å². The number of aliphatic hydroxyl groups excluding tert-OH is 4. The molecule has 0 spiro atoms. The average molecular weight is 531 g/mol. The zero-order valence-electron chi connectivity index (χ0n) is 21.7. The van der Waals surface area contributed by atoms with Crippen LogP contribution in [0.5, 0.6) is 0 Å². The average Bonchev–Trinajstić information content (AvgIpc) is 3.31. The molecule has 0 aliphatic carbocycles. The first-order valence-electron chi connectivity index (χ1n) is 13.7. The van der Waals surface area contributed by atoms with Crippen LogP contribution >= 0.6 is 7.60 Å². The van der Waals surface area contributed by atoms with Gasteiger partial charge in [-0.1, -0.05) is 76.9 Å². The first-order valence-corrected chi connectivity index (χ1v) is 15.3. The second-order valence-electron chi connectivity index (χ2n) is 9.83. The largest absolute Gasteiger partial charge is 0.394 e. The molecular weight excluding hydrogens is 483 g/mol. The monoisotopic (exact) mass is 530 g/mol. The van der Waals surface area contributed by atoms with Crippen molar-refractivity contribution in [2.24, 2.45) is 0 Å². The van der Waals surface area contributed by atoms with Gasteiger partial charge in [0.25, 0.3) is 0 Å². The van der Waals surface area contributed by atoms with Gasteiger partial charge in [-0.25, -0.2) is 4.98 Å². The third kappa shape index (κ3) is 9.67. The predicted molar refractivity (Wildman–Crippen MR) is 140 cm³/mol. The summed E-state index contributed by atoms with van der Waals surface area (Å²) in [5, 5.41) is 39.6. The van der Waals surface area contributed by atoms with Crippen LogP contribution in [0.25, 0.3) is 0 Å². The van der Waals surface area contributed by atoms with Crippen LogP contribution in [0.3, 0.4) is 0 Å². The van der Waals surface area contributed by atoms with Crippen LogP contribution in [0, 0.1) is 0 Å². The Labute approximate surface area is 215 Å². The minimum absolute atomic E-state index is 0.0861. The van der Waals surface area contributed by atoms with Crippen molar-refractivity contribution in [3.8, 4) is 0 Å². The Morgan fingerprint density at radius 1 is 0.917 bits per heavy atom. The fraction of sp³-hybridized carbons (Fsp3) is 0.808. The number of imidazole rings is 1. The molecule has 5 N–H and O–H groups in total. The highest BCUT2D eigenvalue weighted by molar-refractivity contribution is 7.60. The lowest BCUT2D eigenvalue weighted by Crippen LogP contribution is -2.46. The number of aromatic nitrogens is 2. The lowest BCUT2D eigenvalue weighted by atomic mass is 9.96. The number of nitrogens with zero attached hydrogens (tertiary/aromatic N) is 2.